The summed E-state index contributed by atoms with van der Waals surface area (Å²) in [5, 5.41) is 9.07. The van der Waals surface area contributed by atoms with Gasteiger partial charge in [0.05, 0.1) is 11.6 Å². The highest BCUT2D eigenvalue weighted by atomic mass is 15.2. The van der Waals surface area contributed by atoms with Gasteiger partial charge in [-0.15, -0.1) is 0 Å². The summed E-state index contributed by atoms with van der Waals surface area (Å²) in [6, 6.07) is 18.2. The van der Waals surface area contributed by atoms with E-state index in [4.69, 9.17) is 5.26 Å². The van der Waals surface area contributed by atoms with Crippen molar-refractivity contribution in [3.05, 3.63) is 83.7 Å². The SMILES string of the molecule is C=C1C=C(Cc2cccc(-c3cccc(C#N)c3)c2)N=C(C)N1C. The summed E-state index contributed by atoms with van der Waals surface area (Å²) < 4.78 is 0. The normalized spacial score (nSPS) is 14.0. The summed E-state index contributed by atoms with van der Waals surface area (Å²) in [4.78, 5) is 6.62. The lowest BCUT2D eigenvalue weighted by Gasteiger charge is -2.24. The van der Waals surface area contributed by atoms with Gasteiger partial charge in [-0.3, -0.25) is 0 Å². The van der Waals surface area contributed by atoms with Crippen molar-refractivity contribution in [2.24, 2.45) is 4.99 Å². The topological polar surface area (TPSA) is 39.4 Å². The zero-order chi connectivity index (χ0) is 17.1. The molecule has 1 aliphatic heterocycles. The maximum atomic E-state index is 9.07. The maximum Gasteiger partial charge on any atom is 0.105 e. The molecule has 118 valence electrons. The van der Waals surface area contributed by atoms with Crippen molar-refractivity contribution in [1.29, 1.82) is 5.26 Å². The van der Waals surface area contributed by atoms with E-state index in [1.807, 2.05) is 55.3 Å². The van der Waals surface area contributed by atoms with Crippen LogP contribution in [-0.4, -0.2) is 17.8 Å². The molecule has 0 fully saturated rings. The second kappa shape index (κ2) is 6.55. The van der Waals surface area contributed by atoms with Crippen LogP contribution < -0.4 is 0 Å². The van der Waals surface area contributed by atoms with Gasteiger partial charge in [0.2, 0.25) is 0 Å². The van der Waals surface area contributed by atoms with E-state index in [2.05, 4.69) is 35.8 Å². The second-order valence-corrected chi connectivity index (χ2v) is 5.91. The molecule has 2 aromatic rings. The molecular formula is C21H19N3. The van der Waals surface area contributed by atoms with Crippen LogP contribution in [0.3, 0.4) is 0 Å². The van der Waals surface area contributed by atoms with E-state index in [1.165, 1.54) is 5.56 Å². The van der Waals surface area contributed by atoms with Crippen molar-refractivity contribution >= 4 is 5.84 Å². The predicted octanol–water partition coefficient (Wildman–Crippen LogP) is 4.53. The number of nitriles is 1. The number of aliphatic imine (C=N–C) groups is 1. The van der Waals surface area contributed by atoms with Gasteiger partial charge in [-0.05, 0) is 41.8 Å². The number of hydrogen-bond donors (Lipinski definition) is 0. The van der Waals surface area contributed by atoms with Crippen LogP contribution in [-0.2, 0) is 6.42 Å². The van der Waals surface area contributed by atoms with Crippen LogP contribution in [0.1, 0.15) is 18.1 Å². The molecule has 0 aromatic heterocycles. The van der Waals surface area contributed by atoms with Crippen LogP contribution in [0.25, 0.3) is 11.1 Å². The fraction of sp³-hybridized carbons (Fsp3) is 0.143. The molecule has 2 aromatic carbocycles. The van der Waals surface area contributed by atoms with Gasteiger partial charge in [0.1, 0.15) is 5.84 Å². The molecular weight excluding hydrogens is 294 g/mol. The first-order chi connectivity index (χ1) is 11.6. The molecule has 1 heterocycles. The smallest absolute Gasteiger partial charge is 0.105 e. The Kier molecular flexibility index (Phi) is 4.31. The lowest BCUT2D eigenvalue weighted by molar-refractivity contribution is 0.632. The zero-order valence-corrected chi connectivity index (χ0v) is 14.0. The van der Waals surface area contributed by atoms with E-state index in [1.54, 1.807) is 0 Å². The van der Waals surface area contributed by atoms with Crippen LogP contribution in [0.4, 0.5) is 0 Å². The highest BCUT2D eigenvalue weighted by molar-refractivity contribution is 5.84. The van der Waals surface area contributed by atoms with Crippen molar-refractivity contribution in [1.82, 2.24) is 4.90 Å². The minimum atomic E-state index is 0.674. The monoisotopic (exact) mass is 313 g/mol. The van der Waals surface area contributed by atoms with Crippen LogP contribution in [0.15, 0.2) is 77.6 Å². The Labute approximate surface area is 142 Å². The molecule has 0 radical (unpaired) electrons. The molecule has 3 heteroatoms. The number of allylic oxidation sites excluding steroid dienone is 2. The Balaban J connectivity index is 1.88. The molecule has 0 aliphatic carbocycles. The van der Waals surface area contributed by atoms with E-state index < -0.39 is 0 Å². The third kappa shape index (κ3) is 3.28. The van der Waals surface area contributed by atoms with Crippen LogP contribution in [0.2, 0.25) is 0 Å². The molecule has 1 aliphatic rings. The standard InChI is InChI=1S/C21H19N3/c1-15-10-21(23-16(2)24(15)3)13-17-6-4-8-19(11-17)20-9-5-7-18(12-20)14-22/h4-12H,1,13H2,2-3H3. The molecule has 24 heavy (non-hydrogen) atoms. The number of benzene rings is 2. The maximum absolute atomic E-state index is 9.07. The van der Waals surface area contributed by atoms with Gasteiger partial charge in [-0.25, -0.2) is 4.99 Å². The first kappa shape index (κ1) is 15.8. The van der Waals surface area contributed by atoms with E-state index in [0.717, 1.165) is 34.8 Å². The third-order valence-corrected chi connectivity index (χ3v) is 4.19. The summed E-state index contributed by atoms with van der Waals surface area (Å²) in [6.07, 6.45) is 2.78. The summed E-state index contributed by atoms with van der Waals surface area (Å²) in [6.45, 7) is 6.05. The lowest BCUT2D eigenvalue weighted by Crippen LogP contribution is -2.25. The van der Waals surface area contributed by atoms with Gasteiger partial charge in [-0.2, -0.15) is 5.26 Å². The first-order valence-electron chi connectivity index (χ1n) is 7.85. The molecule has 0 saturated heterocycles. The second-order valence-electron chi connectivity index (χ2n) is 5.91. The summed E-state index contributed by atoms with van der Waals surface area (Å²) in [7, 11) is 1.97. The Bertz CT molecular complexity index is 897. The van der Waals surface area contributed by atoms with Gasteiger partial charge in [0.25, 0.3) is 0 Å². The van der Waals surface area contributed by atoms with Crippen LogP contribution >= 0.6 is 0 Å². The Hall–Kier alpha value is -3.12. The first-order valence-corrected chi connectivity index (χ1v) is 7.85. The average molecular weight is 313 g/mol. The number of amidine groups is 1. The van der Waals surface area contributed by atoms with Gasteiger partial charge < -0.3 is 4.90 Å². The summed E-state index contributed by atoms with van der Waals surface area (Å²) in [5.41, 5.74) is 5.99. The minimum absolute atomic E-state index is 0.674. The molecule has 0 unspecified atom stereocenters. The quantitative estimate of drug-likeness (QED) is 0.835. The number of nitrogens with zero attached hydrogens (tertiary/aromatic N) is 3. The Morgan fingerprint density at radius 2 is 1.83 bits per heavy atom. The molecule has 0 N–H and O–H groups in total. The number of rotatable bonds is 3. The molecule has 0 amide bonds. The lowest BCUT2D eigenvalue weighted by atomic mass is 9.99. The third-order valence-electron chi connectivity index (χ3n) is 4.19. The summed E-state index contributed by atoms with van der Waals surface area (Å²) in [5.74, 6) is 0.954. The van der Waals surface area contributed by atoms with E-state index in [0.29, 0.717) is 5.56 Å². The largest absolute Gasteiger partial charge is 0.334 e. The van der Waals surface area contributed by atoms with Gasteiger partial charge in [0.15, 0.2) is 0 Å². The molecule has 0 spiro atoms. The number of hydrogen-bond acceptors (Lipinski definition) is 3. The molecule has 3 nitrogen and oxygen atoms in total. The predicted molar refractivity (Wildman–Crippen MR) is 98.4 cm³/mol. The fourth-order valence-electron chi connectivity index (χ4n) is 2.74. The number of likely N-dealkylation sites (N-methyl/N-ethyl adjacent to an activating group) is 1. The zero-order valence-electron chi connectivity index (χ0n) is 14.0. The molecule has 0 saturated carbocycles. The van der Waals surface area contributed by atoms with Gasteiger partial charge in [0, 0.05) is 24.9 Å². The highest BCUT2D eigenvalue weighted by Gasteiger charge is 2.12. The van der Waals surface area contributed by atoms with Crippen molar-refractivity contribution in [2.45, 2.75) is 13.3 Å². The van der Waals surface area contributed by atoms with Gasteiger partial charge in [-0.1, -0.05) is 43.0 Å². The average Bonchev–Trinajstić information content (AvgIpc) is 2.60. The van der Waals surface area contributed by atoms with Crippen molar-refractivity contribution < 1.29 is 0 Å². The Morgan fingerprint density at radius 1 is 1.12 bits per heavy atom. The molecule has 0 bridgehead atoms. The molecule has 3 rings (SSSR count). The van der Waals surface area contributed by atoms with Crippen molar-refractivity contribution in [3.63, 3.8) is 0 Å². The van der Waals surface area contributed by atoms with Crippen molar-refractivity contribution in [3.8, 4) is 17.2 Å². The van der Waals surface area contributed by atoms with E-state index in [9.17, 15) is 0 Å². The summed E-state index contributed by atoms with van der Waals surface area (Å²) >= 11 is 0. The molecule has 0 atom stereocenters. The van der Waals surface area contributed by atoms with Crippen molar-refractivity contribution in [2.75, 3.05) is 7.05 Å². The van der Waals surface area contributed by atoms with E-state index in [-0.39, 0.29) is 0 Å². The van der Waals surface area contributed by atoms with E-state index >= 15 is 0 Å². The highest BCUT2D eigenvalue weighted by Crippen LogP contribution is 2.24. The fourth-order valence-corrected chi connectivity index (χ4v) is 2.74. The van der Waals surface area contributed by atoms with Crippen LogP contribution in [0, 0.1) is 11.3 Å². The van der Waals surface area contributed by atoms with Crippen LogP contribution in [0.5, 0.6) is 0 Å². The Morgan fingerprint density at radius 3 is 2.54 bits per heavy atom. The minimum Gasteiger partial charge on any atom is -0.334 e. The van der Waals surface area contributed by atoms with Gasteiger partial charge >= 0.3 is 0 Å².